The number of ether oxygens (including phenoxy) is 1. The van der Waals surface area contributed by atoms with Gasteiger partial charge < -0.3 is 24.8 Å². The quantitative estimate of drug-likeness (QED) is 0.381. The van der Waals surface area contributed by atoms with Crippen molar-refractivity contribution in [3.05, 3.63) is 75.5 Å². The number of pyridine rings is 1. The second-order valence-electron chi connectivity index (χ2n) is 11.2. The van der Waals surface area contributed by atoms with E-state index in [0.717, 1.165) is 6.07 Å². The minimum absolute atomic E-state index is 0.00760. The molecular formula is C30H32F5N7O3. The molecule has 2 atom stereocenters. The van der Waals surface area contributed by atoms with Crippen LogP contribution in [0.25, 0.3) is 5.57 Å². The normalized spacial score (nSPS) is 19.4. The molecule has 4 heterocycles. The van der Waals surface area contributed by atoms with E-state index in [4.69, 9.17) is 4.74 Å². The van der Waals surface area contributed by atoms with Crippen LogP contribution in [-0.2, 0) is 6.18 Å². The lowest BCUT2D eigenvalue weighted by Gasteiger charge is -2.43. The molecule has 45 heavy (non-hydrogen) atoms. The number of carbonyl (C=O) groups excluding carboxylic acids is 1. The van der Waals surface area contributed by atoms with Gasteiger partial charge in [0.15, 0.2) is 17.4 Å². The van der Waals surface area contributed by atoms with Crippen molar-refractivity contribution in [1.82, 2.24) is 19.9 Å². The fourth-order valence-electron chi connectivity index (χ4n) is 5.58. The van der Waals surface area contributed by atoms with E-state index in [1.165, 1.54) is 19.5 Å². The van der Waals surface area contributed by atoms with Crippen molar-refractivity contribution in [1.29, 1.82) is 0 Å². The summed E-state index contributed by atoms with van der Waals surface area (Å²) in [7, 11) is 3.41. The summed E-state index contributed by atoms with van der Waals surface area (Å²) in [6.45, 7) is 5.14. The number of benzene rings is 1. The Labute approximate surface area is 255 Å². The summed E-state index contributed by atoms with van der Waals surface area (Å²) < 4.78 is 79.0. The molecule has 0 aliphatic carbocycles. The van der Waals surface area contributed by atoms with Gasteiger partial charge in [-0.1, -0.05) is 6.08 Å². The van der Waals surface area contributed by atoms with E-state index >= 15 is 8.78 Å². The molecule has 0 unspecified atom stereocenters. The molecule has 0 bridgehead atoms. The zero-order valence-electron chi connectivity index (χ0n) is 25.0. The van der Waals surface area contributed by atoms with E-state index in [2.05, 4.69) is 25.2 Å². The number of nitrogens with zero attached hydrogens (tertiary/aromatic N) is 5. The number of alkyl halides is 3. The summed E-state index contributed by atoms with van der Waals surface area (Å²) in [5.74, 6) is -2.60. The molecule has 2 N–H and O–H groups in total. The van der Waals surface area contributed by atoms with Crippen molar-refractivity contribution in [3.8, 4) is 5.75 Å². The minimum atomic E-state index is -5.04. The maximum absolute atomic E-state index is 16.5. The van der Waals surface area contributed by atoms with Crippen LogP contribution in [0.15, 0.2) is 41.6 Å². The number of aromatic nitrogens is 3. The maximum atomic E-state index is 16.5. The van der Waals surface area contributed by atoms with Crippen molar-refractivity contribution < 1.29 is 31.5 Å². The zero-order valence-corrected chi connectivity index (χ0v) is 25.0. The van der Waals surface area contributed by atoms with E-state index in [-0.39, 0.29) is 36.0 Å². The number of anilines is 3. The second-order valence-corrected chi connectivity index (χ2v) is 11.2. The number of H-pyrrole nitrogens is 1. The molecule has 5 rings (SSSR count). The van der Waals surface area contributed by atoms with Crippen LogP contribution in [0.5, 0.6) is 5.75 Å². The Morgan fingerprint density at radius 3 is 2.36 bits per heavy atom. The van der Waals surface area contributed by atoms with Gasteiger partial charge in [-0.25, -0.2) is 18.7 Å². The molecule has 1 fully saturated rings. The highest BCUT2D eigenvalue weighted by atomic mass is 19.4. The van der Waals surface area contributed by atoms with Gasteiger partial charge in [-0.3, -0.25) is 14.5 Å². The lowest BCUT2D eigenvalue weighted by atomic mass is 9.97. The molecule has 1 saturated heterocycles. The highest BCUT2D eigenvalue weighted by Crippen LogP contribution is 2.38. The Balaban J connectivity index is 1.58. The first-order valence-electron chi connectivity index (χ1n) is 14.2. The summed E-state index contributed by atoms with van der Waals surface area (Å²) in [5, 5.41) is 2.21. The van der Waals surface area contributed by atoms with Crippen LogP contribution in [0, 0.1) is 11.6 Å². The third kappa shape index (κ3) is 6.48. The lowest BCUT2D eigenvalue weighted by molar-refractivity contribution is -0.138. The van der Waals surface area contributed by atoms with Crippen molar-refractivity contribution in [3.63, 3.8) is 0 Å². The predicted octanol–water partition coefficient (Wildman–Crippen LogP) is 4.55. The number of piperazine rings is 1. The van der Waals surface area contributed by atoms with Crippen LogP contribution in [-0.4, -0.2) is 78.2 Å². The van der Waals surface area contributed by atoms with Crippen LogP contribution in [0.4, 0.5) is 39.3 Å². The van der Waals surface area contributed by atoms with Crippen molar-refractivity contribution in [2.24, 2.45) is 0 Å². The van der Waals surface area contributed by atoms with E-state index in [9.17, 15) is 22.8 Å². The third-order valence-corrected chi connectivity index (χ3v) is 8.21. The fraction of sp³-hybridized carbons (Fsp3) is 0.400. The highest BCUT2D eigenvalue weighted by molar-refractivity contribution is 6.05. The van der Waals surface area contributed by atoms with Gasteiger partial charge in [-0.2, -0.15) is 13.2 Å². The zero-order chi connectivity index (χ0) is 32.6. The number of methoxy groups -OCH3 is 1. The lowest BCUT2D eigenvalue weighted by Crippen LogP contribution is -2.55. The van der Waals surface area contributed by atoms with Crippen LogP contribution >= 0.6 is 0 Å². The molecular weight excluding hydrogens is 601 g/mol. The molecule has 0 radical (unpaired) electrons. The van der Waals surface area contributed by atoms with Crippen molar-refractivity contribution >= 4 is 28.8 Å². The molecule has 1 aromatic carbocycles. The molecule has 15 heteroatoms. The summed E-state index contributed by atoms with van der Waals surface area (Å²) in [4.78, 5) is 41.0. The fourth-order valence-corrected chi connectivity index (χ4v) is 5.58. The first-order chi connectivity index (χ1) is 21.3. The van der Waals surface area contributed by atoms with Gasteiger partial charge in [0.1, 0.15) is 0 Å². The van der Waals surface area contributed by atoms with E-state index in [1.807, 2.05) is 20.9 Å². The van der Waals surface area contributed by atoms with Gasteiger partial charge in [-0.05, 0) is 39.0 Å². The maximum Gasteiger partial charge on any atom is 0.417 e. The van der Waals surface area contributed by atoms with Crippen LogP contribution in [0.1, 0.15) is 41.8 Å². The number of carbonyl (C=O) groups is 1. The molecule has 10 nitrogen and oxygen atoms in total. The smallest absolute Gasteiger partial charge is 0.417 e. The van der Waals surface area contributed by atoms with Crippen LogP contribution < -0.4 is 25.4 Å². The molecule has 3 aromatic rings. The average Bonchev–Trinajstić information content (AvgIpc) is 3.00. The number of hydrogen-bond donors (Lipinski definition) is 2. The van der Waals surface area contributed by atoms with E-state index < -0.39 is 51.7 Å². The summed E-state index contributed by atoms with van der Waals surface area (Å²) in [6.07, 6.45) is 0.587. The highest BCUT2D eigenvalue weighted by Gasteiger charge is 2.37. The number of likely N-dealkylation sites (N-methyl/N-ethyl adjacent to an activating group) is 1. The Kier molecular flexibility index (Phi) is 8.83. The first kappa shape index (κ1) is 31.9. The minimum Gasteiger partial charge on any atom is -0.494 e. The summed E-state index contributed by atoms with van der Waals surface area (Å²) in [6, 6.07) is 1.34. The van der Waals surface area contributed by atoms with Crippen LogP contribution in [0.3, 0.4) is 0 Å². The van der Waals surface area contributed by atoms with Crippen molar-refractivity contribution in [2.45, 2.75) is 38.5 Å². The number of rotatable bonds is 6. The molecule has 0 spiro atoms. The molecule has 0 saturated carbocycles. The second kappa shape index (κ2) is 12.5. The van der Waals surface area contributed by atoms with Gasteiger partial charge in [0.2, 0.25) is 11.5 Å². The third-order valence-electron chi connectivity index (χ3n) is 8.21. The topological polar surface area (TPSA) is 107 Å². The van der Waals surface area contributed by atoms with Gasteiger partial charge in [-0.15, -0.1) is 0 Å². The summed E-state index contributed by atoms with van der Waals surface area (Å²) in [5.41, 5.74) is -4.16. The van der Waals surface area contributed by atoms with Gasteiger partial charge in [0.25, 0.3) is 5.91 Å². The number of halogens is 5. The van der Waals surface area contributed by atoms with Crippen molar-refractivity contribution in [2.75, 3.05) is 55.5 Å². The SMILES string of the molecule is COc1cnc(N2CCC=C(c3c(F)c(NC(=O)c4c[nH]c(=O)cc4C(F)(F)F)cc(N4C[C@@H](C)N(C)[C@@H](C)C4)c3F)C2)nc1. The first-order valence-corrected chi connectivity index (χ1v) is 14.2. The number of amides is 1. The molecule has 240 valence electrons. The Morgan fingerprint density at radius 1 is 1.07 bits per heavy atom. The number of hydrogen-bond acceptors (Lipinski definition) is 8. The van der Waals surface area contributed by atoms with Gasteiger partial charge in [0, 0.05) is 50.5 Å². The molecule has 1 amide bonds. The monoisotopic (exact) mass is 633 g/mol. The largest absolute Gasteiger partial charge is 0.494 e. The van der Waals surface area contributed by atoms with Gasteiger partial charge >= 0.3 is 6.18 Å². The van der Waals surface area contributed by atoms with Crippen LogP contribution in [0.2, 0.25) is 0 Å². The summed E-state index contributed by atoms with van der Waals surface area (Å²) >= 11 is 0. The predicted molar refractivity (Wildman–Crippen MR) is 159 cm³/mol. The van der Waals surface area contributed by atoms with E-state index in [1.54, 1.807) is 15.9 Å². The van der Waals surface area contributed by atoms with Gasteiger partial charge in [0.05, 0.1) is 47.6 Å². The average molecular weight is 634 g/mol. The Morgan fingerprint density at radius 2 is 1.73 bits per heavy atom. The number of nitrogens with one attached hydrogen (secondary N) is 2. The molecule has 2 aliphatic heterocycles. The standard InChI is InChI=1S/C30H32F5N7O3/c1-16-13-42(14-17(2)40(16)3)23-9-22(39-28(44)20-12-36-24(43)8-21(20)30(33,34)35)26(31)25(27(23)32)18-6-5-7-41(15-18)29-37-10-19(45-4)11-38-29/h6,8-12,16-17H,5,7,13-15H2,1-4H3,(H,36,43)(H,39,44)/t16-,17+. The van der Waals surface area contributed by atoms with E-state index in [0.29, 0.717) is 43.9 Å². The Hall–Kier alpha value is -4.53. The Bertz CT molecular complexity index is 1660. The molecule has 2 aromatic heterocycles. The number of aromatic amines is 1. The molecule has 2 aliphatic rings.